The molecule has 19 heavy (non-hydrogen) atoms. The largest absolute Gasteiger partial charge is 0.444 e. The molecule has 1 aromatic heterocycles. The summed E-state index contributed by atoms with van der Waals surface area (Å²) in [6.45, 7) is 9.84. The summed E-state index contributed by atoms with van der Waals surface area (Å²) in [6.07, 6.45) is -0.317. The van der Waals surface area contributed by atoms with E-state index < -0.39 is 5.60 Å². The Morgan fingerprint density at radius 1 is 1.42 bits per heavy atom. The molecule has 0 aromatic carbocycles. The minimum absolute atomic E-state index is 0.0835. The molecule has 1 aliphatic rings. The van der Waals surface area contributed by atoms with Gasteiger partial charge in [-0.15, -0.1) is 0 Å². The van der Waals surface area contributed by atoms with Crippen LogP contribution in [-0.4, -0.2) is 26.6 Å². The maximum absolute atomic E-state index is 12.2. The normalized spacial score (nSPS) is 18.4. The highest BCUT2D eigenvalue weighted by Crippen LogP contribution is 2.37. The summed E-state index contributed by atoms with van der Waals surface area (Å²) in [5.41, 5.74) is 1.36. The molecule has 1 atom stereocenters. The van der Waals surface area contributed by atoms with Crippen LogP contribution in [0.1, 0.15) is 50.8 Å². The highest BCUT2D eigenvalue weighted by Gasteiger charge is 2.36. The predicted octanol–water partition coefficient (Wildman–Crippen LogP) is 3.36. The van der Waals surface area contributed by atoms with E-state index in [9.17, 15) is 4.79 Å². The minimum Gasteiger partial charge on any atom is -0.444 e. The number of carbonyl (C=O) groups is 1. The fourth-order valence-corrected chi connectivity index (χ4v) is 2.95. The van der Waals surface area contributed by atoms with E-state index in [4.69, 9.17) is 4.74 Å². The van der Waals surface area contributed by atoms with E-state index in [-0.39, 0.29) is 12.1 Å². The van der Waals surface area contributed by atoms with Crippen LogP contribution in [0.3, 0.4) is 0 Å². The summed E-state index contributed by atoms with van der Waals surface area (Å²) in [4.78, 5) is 22.5. The van der Waals surface area contributed by atoms with Gasteiger partial charge < -0.3 is 4.74 Å². The summed E-state index contributed by atoms with van der Waals surface area (Å²) in [5.74, 6) is 0.698. The van der Waals surface area contributed by atoms with Crippen molar-refractivity contribution in [1.82, 2.24) is 14.9 Å². The molecule has 0 spiro atoms. The molecular formula is C13H18BrN3O2. The van der Waals surface area contributed by atoms with Crippen molar-refractivity contribution in [3.8, 4) is 0 Å². The second-order valence-electron chi connectivity index (χ2n) is 5.71. The summed E-state index contributed by atoms with van der Waals surface area (Å²) < 4.78 is 6.17. The lowest BCUT2D eigenvalue weighted by Gasteiger charge is -2.27. The van der Waals surface area contributed by atoms with Crippen molar-refractivity contribution in [2.45, 2.75) is 52.8 Å². The van der Waals surface area contributed by atoms with Crippen molar-refractivity contribution in [2.75, 3.05) is 0 Å². The lowest BCUT2D eigenvalue weighted by atomic mass is 10.2. The van der Waals surface area contributed by atoms with E-state index in [0.717, 1.165) is 15.9 Å². The van der Waals surface area contributed by atoms with Crippen LogP contribution in [0.15, 0.2) is 4.60 Å². The number of fused-ring (bicyclic) bond motifs is 1. The zero-order chi connectivity index (χ0) is 14.4. The summed E-state index contributed by atoms with van der Waals surface area (Å²) in [7, 11) is 0. The molecule has 0 fully saturated rings. The molecule has 6 heteroatoms. The van der Waals surface area contributed by atoms with E-state index in [1.165, 1.54) is 0 Å². The Labute approximate surface area is 121 Å². The van der Waals surface area contributed by atoms with E-state index in [2.05, 4.69) is 25.9 Å². The number of nitrogens with zero attached hydrogens (tertiary/aromatic N) is 3. The molecule has 0 saturated carbocycles. The van der Waals surface area contributed by atoms with Crippen molar-refractivity contribution < 1.29 is 9.53 Å². The smallest absolute Gasteiger partial charge is 0.411 e. The van der Waals surface area contributed by atoms with Crippen molar-refractivity contribution >= 4 is 22.0 Å². The zero-order valence-electron chi connectivity index (χ0n) is 11.8. The predicted molar refractivity (Wildman–Crippen MR) is 74.7 cm³/mol. The monoisotopic (exact) mass is 327 g/mol. The first-order valence-corrected chi connectivity index (χ1v) is 7.01. The van der Waals surface area contributed by atoms with Gasteiger partial charge in [0.15, 0.2) is 0 Å². The molecule has 1 amide bonds. The molecule has 2 heterocycles. The number of ether oxygens (including phenoxy) is 1. The van der Waals surface area contributed by atoms with E-state index >= 15 is 0 Å². The Bertz CT molecular complexity index is 525. The van der Waals surface area contributed by atoms with Crippen molar-refractivity contribution in [3.63, 3.8) is 0 Å². The van der Waals surface area contributed by atoms with Gasteiger partial charge in [0.05, 0.1) is 18.3 Å². The van der Waals surface area contributed by atoms with Gasteiger partial charge in [0.2, 0.25) is 0 Å². The number of carbonyl (C=O) groups excluding carboxylic acids is 1. The summed E-state index contributed by atoms with van der Waals surface area (Å²) in [6, 6.07) is -0.0835. The Hall–Kier alpha value is -1.17. The van der Waals surface area contributed by atoms with Gasteiger partial charge >= 0.3 is 6.09 Å². The van der Waals surface area contributed by atoms with E-state index in [1.54, 1.807) is 4.90 Å². The van der Waals surface area contributed by atoms with Crippen LogP contribution in [-0.2, 0) is 11.3 Å². The number of aryl methyl sites for hydroxylation is 1. The molecule has 1 aromatic rings. The molecule has 1 unspecified atom stereocenters. The molecule has 0 bridgehead atoms. The Kier molecular flexibility index (Phi) is 3.55. The van der Waals surface area contributed by atoms with Crippen LogP contribution < -0.4 is 0 Å². The highest BCUT2D eigenvalue weighted by molar-refractivity contribution is 9.10. The first kappa shape index (κ1) is 14.2. The molecule has 0 radical (unpaired) electrons. The number of halogens is 1. The summed E-state index contributed by atoms with van der Waals surface area (Å²) >= 11 is 3.45. The number of aromatic nitrogens is 2. The van der Waals surface area contributed by atoms with Gasteiger partial charge in [0, 0.05) is 5.56 Å². The SMILES string of the molecule is Cc1nc(Br)c2c(n1)CN(C(=O)OC(C)(C)C)C2C. The fourth-order valence-electron chi connectivity index (χ4n) is 2.13. The number of rotatable bonds is 0. The third kappa shape index (κ3) is 2.88. The number of hydrogen-bond acceptors (Lipinski definition) is 4. The van der Waals surface area contributed by atoms with Crippen LogP contribution in [0.2, 0.25) is 0 Å². The molecule has 0 N–H and O–H groups in total. The lowest BCUT2D eigenvalue weighted by molar-refractivity contribution is 0.0186. The number of amides is 1. The van der Waals surface area contributed by atoms with Gasteiger partial charge in [-0.05, 0) is 50.5 Å². The fraction of sp³-hybridized carbons (Fsp3) is 0.615. The molecular weight excluding hydrogens is 310 g/mol. The molecule has 104 valence electrons. The van der Waals surface area contributed by atoms with Crippen LogP contribution >= 0.6 is 15.9 Å². The van der Waals surface area contributed by atoms with Crippen molar-refractivity contribution in [2.24, 2.45) is 0 Å². The van der Waals surface area contributed by atoms with Gasteiger partial charge in [-0.2, -0.15) is 0 Å². The molecule has 0 aliphatic carbocycles. The third-order valence-electron chi connectivity index (χ3n) is 2.92. The Balaban J connectivity index is 2.26. The van der Waals surface area contributed by atoms with Gasteiger partial charge in [0.25, 0.3) is 0 Å². The van der Waals surface area contributed by atoms with Crippen molar-refractivity contribution in [1.29, 1.82) is 0 Å². The maximum Gasteiger partial charge on any atom is 0.411 e. The standard InChI is InChI=1S/C13H18BrN3O2/c1-7-10-9(15-8(2)16-11(10)14)6-17(7)12(18)19-13(3,4)5/h7H,6H2,1-5H3. The van der Waals surface area contributed by atoms with Crippen LogP contribution in [0.5, 0.6) is 0 Å². The van der Waals surface area contributed by atoms with Crippen molar-refractivity contribution in [3.05, 3.63) is 21.7 Å². The molecule has 1 aliphatic heterocycles. The molecule has 2 rings (SSSR count). The number of hydrogen-bond donors (Lipinski definition) is 0. The average Bonchev–Trinajstić information content (AvgIpc) is 2.53. The minimum atomic E-state index is -0.496. The zero-order valence-corrected chi connectivity index (χ0v) is 13.4. The lowest BCUT2D eigenvalue weighted by Crippen LogP contribution is -2.35. The topological polar surface area (TPSA) is 55.3 Å². The van der Waals surface area contributed by atoms with Gasteiger partial charge in [0.1, 0.15) is 16.0 Å². The second kappa shape index (κ2) is 4.74. The first-order chi connectivity index (χ1) is 8.69. The quantitative estimate of drug-likeness (QED) is 0.685. The average molecular weight is 328 g/mol. The summed E-state index contributed by atoms with van der Waals surface area (Å²) in [5, 5.41) is 0. The second-order valence-corrected chi connectivity index (χ2v) is 6.46. The van der Waals surface area contributed by atoms with Gasteiger partial charge in [-0.1, -0.05) is 0 Å². The van der Waals surface area contributed by atoms with Crippen LogP contribution in [0.25, 0.3) is 0 Å². The molecule has 0 saturated heterocycles. The Morgan fingerprint density at radius 3 is 2.63 bits per heavy atom. The third-order valence-corrected chi connectivity index (χ3v) is 3.53. The maximum atomic E-state index is 12.2. The van der Waals surface area contributed by atoms with Crippen LogP contribution in [0, 0.1) is 6.92 Å². The van der Waals surface area contributed by atoms with Crippen LogP contribution in [0.4, 0.5) is 4.79 Å². The van der Waals surface area contributed by atoms with Gasteiger partial charge in [-0.3, -0.25) is 4.90 Å². The highest BCUT2D eigenvalue weighted by atomic mass is 79.9. The Morgan fingerprint density at radius 2 is 2.05 bits per heavy atom. The molecule has 5 nitrogen and oxygen atoms in total. The van der Waals surface area contributed by atoms with E-state index in [1.807, 2.05) is 34.6 Å². The van der Waals surface area contributed by atoms with Gasteiger partial charge in [-0.25, -0.2) is 14.8 Å². The first-order valence-electron chi connectivity index (χ1n) is 6.21. The van der Waals surface area contributed by atoms with E-state index in [0.29, 0.717) is 12.4 Å².